The second kappa shape index (κ2) is 48.4. The highest BCUT2D eigenvalue weighted by molar-refractivity contribution is 7.47. The Bertz CT molecular complexity index is 1190. The first-order chi connectivity index (χ1) is 30.3. The van der Waals surface area contributed by atoms with Gasteiger partial charge in [0.15, 0.2) is 0 Å². The molecule has 0 radical (unpaired) electrons. The van der Waals surface area contributed by atoms with Crippen molar-refractivity contribution in [1.29, 1.82) is 0 Å². The zero-order valence-corrected chi connectivity index (χ0v) is 40.5. The normalized spacial score (nSPS) is 14.5. The van der Waals surface area contributed by atoms with Crippen LogP contribution in [-0.4, -0.2) is 66.3 Å². The molecule has 10 heteroatoms. The second-order valence-corrected chi connectivity index (χ2v) is 17.9. The minimum absolute atomic E-state index is 0.0374. The van der Waals surface area contributed by atoms with Crippen molar-refractivity contribution in [3.63, 3.8) is 0 Å². The summed E-state index contributed by atoms with van der Waals surface area (Å²) in [5.74, 6) is -0.402. The largest absolute Gasteiger partial charge is 0.472 e. The van der Waals surface area contributed by atoms with Crippen molar-refractivity contribution in [1.82, 2.24) is 0 Å². The van der Waals surface area contributed by atoms with Crippen molar-refractivity contribution < 1.29 is 43.0 Å². The molecular formula is C52H93O9P. The molecule has 0 bridgehead atoms. The van der Waals surface area contributed by atoms with Gasteiger partial charge in [0.25, 0.3) is 0 Å². The zero-order valence-electron chi connectivity index (χ0n) is 39.6. The molecule has 3 unspecified atom stereocenters. The van der Waals surface area contributed by atoms with Crippen LogP contribution in [0.25, 0.3) is 0 Å². The average molecular weight is 893 g/mol. The molecule has 0 spiro atoms. The van der Waals surface area contributed by atoms with Gasteiger partial charge in [-0.3, -0.25) is 13.8 Å². The lowest BCUT2D eigenvalue weighted by molar-refractivity contribution is -0.154. The van der Waals surface area contributed by atoms with Gasteiger partial charge in [0.05, 0.1) is 26.4 Å². The molecule has 0 rings (SSSR count). The first kappa shape index (κ1) is 59.9. The van der Waals surface area contributed by atoms with Gasteiger partial charge < -0.3 is 24.6 Å². The molecule has 3 N–H and O–H groups in total. The fraction of sp³-hybridized carbons (Fsp3) is 0.750. The van der Waals surface area contributed by atoms with Crippen LogP contribution in [0.3, 0.4) is 0 Å². The van der Waals surface area contributed by atoms with E-state index < -0.39 is 39.2 Å². The van der Waals surface area contributed by atoms with Crippen molar-refractivity contribution in [2.45, 2.75) is 219 Å². The van der Waals surface area contributed by atoms with E-state index in [-0.39, 0.29) is 19.6 Å². The summed E-state index contributed by atoms with van der Waals surface area (Å²) in [6.07, 6.45) is 58.6. The van der Waals surface area contributed by atoms with Crippen molar-refractivity contribution in [3.05, 3.63) is 72.9 Å². The molecule has 0 aromatic heterocycles. The van der Waals surface area contributed by atoms with E-state index in [4.69, 9.17) is 23.6 Å². The molecule has 0 heterocycles. The fourth-order valence-electron chi connectivity index (χ4n) is 6.61. The predicted molar refractivity (Wildman–Crippen MR) is 260 cm³/mol. The molecule has 0 fully saturated rings. The third-order valence-corrected chi connectivity index (χ3v) is 11.3. The van der Waals surface area contributed by atoms with Gasteiger partial charge in [-0.1, -0.05) is 189 Å². The second-order valence-electron chi connectivity index (χ2n) is 16.4. The highest BCUT2D eigenvalue weighted by atomic mass is 31.2. The van der Waals surface area contributed by atoms with Crippen LogP contribution in [0.2, 0.25) is 0 Å². The van der Waals surface area contributed by atoms with E-state index in [1.165, 1.54) is 96.3 Å². The van der Waals surface area contributed by atoms with Gasteiger partial charge in [-0.2, -0.15) is 0 Å². The van der Waals surface area contributed by atoms with Crippen LogP contribution >= 0.6 is 7.82 Å². The smallest absolute Gasteiger partial charge is 0.457 e. The van der Waals surface area contributed by atoms with Gasteiger partial charge in [-0.05, 0) is 83.5 Å². The Labute approximate surface area is 380 Å². The molecule has 0 aliphatic heterocycles. The van der Waals surface area contributed by atoms with Crippen LogP contribution in [0.15, 0.2) is 72.9 Å². The van der Waals surface area contributed by atoms with E-state index in [0.717, 1.165) is 83.5 Å². The Kier molecular flexibility index (Phi) is 46.7. The summed E-state index contributed by atoms with van der Waals surface area (Å²) >= 11 is 0. The van der Waals surface area contributed by atoms with Gasteiger partial charge in [0, 0.05) is 13.0 Å². The molecule has 0 saturated heterocycles. The van der Waals surface area contributed by atoms with E-state index in [2.05, 4.69) is 86.8 Å². The van der Waals surface area contributed by atoms with Crippen LogP contribution in [0.1, 0.15) is 206 Å². The van der Waals surface area contributed by atoms with Gasteiger partial charge >= 0.3 is 13.8 Å². The number of allylic oxidation sites excluding steroid dienone is 12. The number of phosphoric acid groups is 1. The van der Waals surface area contributed by atoms with E-state index in [9.17, 15) is 19.4 Å². The van der Waals surface area contributed by atoms with Gasteiger partial charge in [-0.25, -0.2) is 4.57 Å². The number of hydrogen-bond acceptors (Lipinski definition) is 8. The summed E-state index contributed by atoms with van der Waals surface area (Å²) in [6, 6.07) is 0. The lowest BCUT2D eigenvalue weighted by Gasteiger charge is -2.20. The monoisotopic (exact) mass is 893 g/mol. The number of aliphatic hydroxyl groups excluding tert-OH is 2. The Morgan fingerprint density at radius 3 is 1.40 bits per heavy atom. The average Bonchev–Trinajstić information content (AvgIpc) is 3.26. The lowest BCUT2D eigenvalue weighted by atomic mass is 10.1. The van der Waals surface area contributed by atoms with E-state index in [1.54, 1.807) is 0 Å². The summed E-state index contributed by atoms with van der Waals surface area (Å²) in [6.45, 7) is 3.38. The quantitative estimate of drug-likeness (QED) is 0.0236. The summed E-state index contributed by atoms with van der Waals surface area (Å²) in [5, 5.41) is 18.4. The van der Waals surface area contributed by atoms with Crippen molar-refractivity contribution in [2.24, 2.45) is 0 Å². The maximum Gasteiger partial charge on any atom is 0.472 e. The van der Waals surface area contributed by atoms with E-state index in [0.29, 0.717) is 13.0 Å². The van der Waals surface area contributed by atoms with E-state index in [1.807, 2.05) is 0 Å². The van der Waals surface area contributed by atoms with Gasteiger partial charge in [0.2, 0.25) is 0 Å². The van der Waals surface area contributed by atoms with Gasteiger partial charge in [0.1, 0.15) is 12.2 Å². The molecule has 62 heavy (non-hydrogen) atoms. The number of carbonyl (C=O) groups is 1. The molecule has 0 aromatic rings. The highest BCUT2D eigenvalue weighted by Crippen LogP contribution is 2.43. The number of rotatable bonds is 47. The Morgan fingerprint density at radius 2 is 0.919 bits per heavy atom. The summed E-state index contributed by atoms with van der Waals surface area (Å²) in [7, 11) is -4.53. The number of hydrogen-bond donors (Lipinski definition) is 3. The van der Waals surface area contributed by atoms with Crippen molar-refractivity contribution >= 4 is 13.8 Å². The lowest BCUT2D eigenvalue weighted by Crippen LogP contribution is -2.29. The summed E-state index contributed by atoms with van der Waals surface area (Å²) < 4.78 is 33.5. The number of ether oxygens (including phenoxy) is 2. The molecule has 0 amide bonds. The van der Waals surface area contributed by atoms with Crippen LogP contribution in [0.4, 0.5) is 0 Å². The molecule has 0 aromatic carbocycles. The van der Waals surface area contributed by atoms with E-state index >= 15 is 0 Å². The maximum absolute atomic E-state index is 12.7. The third kappa shape index (κ3) is 47.4. The molecule has 0 aliphatic carbocycles. The molecule has 3 atom stereocenters. The maximum atomic E-state index is 12.7. The molecule has 360 valence electrons. The number of unbranched alkanes of at least 4 members (excludes halogenated alkanes) is 21. The number of phosphoric ester groups is 1. The third-order valence-electron chi connectivity index (χ3n) is 10.4. The van der Waals surface area contributed by atoms with Crippen molar-refractivity contribution in [2.75, 3.05) is 33.0 Å². The Balaban J connectivity index is 4.15. The minimum atomic E-state index is -4.53. The fourth-order valence-corrected chi connectivity index (χ4v) is 7.40. The molecular weight excluding hydrogens is 800 g/mol. The Morgan fingerprint density at radius 1 is 0.516 bits per heavy atom. The first-order valence-corrected chi connectivity index (χ1v) is 26.4. The number of carbonyl (C=O) groups excluding carboxylic acids is 1. The number of aliphatic hydroxyl groups is 2. The van der Waals surface area contributed by atoms with Crippen LogP contribution in [0.5, 0.6) is 0 Å². The molecule has 0 saturated carbocycles. The highest BCUT2D eigenvalue weighted by Gasteiger charge is 2.26. The van der Waals surface area contributed by atoms with Crippen LogP contribution < -0.4 is 0 Å². The molecule has 0 aliphatic rings. The van der Waals surface area contributed by atoms with Gasteiger partial charge in [-0.15, -0.1) is 0 Å². The SMILES string of the molecule is CC/C=C\C/C=C\C/C=C\C/C=C\C/C=C\CCCCCCCC(=O)OC(COCCCCCCCCCCCC/C=C\CCCCCCCC)COP(=O)(O)OCC(O)CO. The van der Waals surface area contributed by atoms with Crippen LogP contribution in [0, 0.1) is 0 Å². The Hall–Kier alpha value is -2.10. The first-order valence-electron chi connectivity index (χ1n) is 24.9. The standard InChI is InChI=1S/C52H93O9P/c1-3-5-7-9-11-13-15-17-19-21-23-25-26-28-30-32-34-36-38-40-42-44-52(55)61-51(49-60-62(56,57)59-47-50(54)46-53)48-58-45-43-41-39-37-35-33-31-29-27-24-22-20-18-16-14-12-10-8-6-4-2/h5,7,11,13,17-20,23,25,28,30,50-51,53-54H,3-4,6,8-10,12,14-16,21-22,24,26-27,29,31-49H2,1-2H3,(H,56,57)/b7-5-,13-11-,19-17-,20-18-,25-23-,30-28-. The minimum Gasteiger partial charge on any atom is -0.457 e. The zero-order chi connectivity index (χ0) is 45.3. The predicted octanol–water partition coefficient (Wildman–Crippen LogP) is 14.5. The number of esters is 1. The topological polar surface area (TPSA) is 132 Å². The van der Waals surface area contributed by atoms with Crippen molar-refractivity contribution in [3.8, 4) is 0 Å². The van der Waals surface area contributed by atoms with Crippen LogP contribution in [-0.2, 0) is 27.9 Å². The summed E-state index contributed by atoms with van der Waals surface area (Å²) in [4.78, 5) is 22.7. The summed E-state index contributed by atoms with van der Waals surface area (Å²) in [5.41, 5.74) is 0. The molecule has 9 nitrogen and oxygen atoms in total.